The first-order valence-corrected chi connectivity index (χ1v) is 6.44. The molecule has 2 fully saturated rings. The number of anilines is 1. The maximum absolute atomic E-state index is 11.3. The van der Waals surface area contributed by atoms with E-state index < -0.39 is 0 Å². The lowest BCUT2D eigenvalue weighted by Gasteiger charge is -2.32. The molecule has 1 aromatic rings. The average molecular weight is 250 g/mol. The van der Waals surface area contributed by atoms with Crippen LogP contribution in [0.1, 0.15) is 6.42 Å². The summed E-state index contributed by atoms with van der Waals surface area (Å²) in [6.07, 6.45) is 2.87. The maximum atomic E-state index is 11.3. The first-order chi connectivity index (χ1) is 8.83. The van der Waals surface area contributed by atoms with Gasteiger partial charge in [-0.15, -0.1) is 0 Å². The lowest BCUT2D eigenvalue weighted by atomic mass is 10.2. The van der Waals surface area contributed by atoms with Crippen molar-refractivity contribution in [2.75, 3.05) is 44.3 Å². The molecule has 1 unspecified atom stereocenters. The number of aromatic amines is 1. The normalized spacial score (nSPS) is 25.6. The fourth-order valence-corrected chi connectivity index (χ4v) is 2.76. The van der Waals surface area contributed by atoms with Crippen LogP contribution < -0.4 is 10.5 Å². The summed E-state index contributed by atoms with van der Waals surface area (Å²) in [5.41, 5.74) is 0.789. The first kappa shape index (κ1) is 11.7. The highest BCUT2D eigenvalue weighted by Gasteiger charge is 2.28. The molecule has 0 radical (unpaired) electrons. The van der Waals surface area contributed by atoms with Gasteiger partial charge in [-0.05, 0) is 6.42 Å². The van der Waals surface area contributed by atoms with E-state index in [1.807, 2.05) is 0 Å². The van der Waals surface area contributed by atoms with Gasteiger partial charge in [-0.1, -0.05) is 0 Å². The molecule has 6 heteroatoms. The molecular formula is C12H18N4O2. The third kappa shape index (κ3) is 2.39. The summed E-state index contributed by atoms with van der Waals surface area (Å²) in [7, 11) is 0. The Labute approximate surface area is 106 Å². The Bertz CT molecular complexity index is 455. The number of hydrogen-bond donors (Lipinski definition) is 1. The Kier molecular flexibility index (Phi) is 3.29. The molecule has 98 valence electrons. The minimum absolute atomic E-state index is 0.137. The van der Waals surface area contributed by atoms with Crippen molar-refractivity contribution < 1.29 is 4.74 Å². The number of rotatable bonds is 2. The number of aromatic nitrogens is 2. The number of nitrogens with one attached hydrogen (secondary N) is 1. The Morgan fingerprint density at radius 3 is 2.94 bits per heavy atom. The van der Waals surface area contributed by atoms with Gasteiger partial charge < -0.3 is 9.64 Å². The summed E-state index contributed by atoms with van der Waals surface area (Å²) in [4.78, 5) is 16.0. The van der Waals surface area contributed by atoms with Gasteiger partial charge >= 0.3 is 0 Å². The molecule has 3 rings (SSSR count). The molecule has 0 amide bonds. The van der Waals surface area contributed by atoms with E-state index in [0.29, 0.717) is 6.04 Å². The van der Waals surface area contributed by atoms with Crippen LogP contribution in [-0.4, -0.2) is 60.5 Å². The van der Waals surface area contributed by atoms with Gasteiger partial charge in [0.2, 0.25) is 0 Å². The van der Waals surface area contributed by atoms with Crippen molar-refractivity contribution >= 4 is 5.69 Å². The van der Waals surface area contributed by atoms with Gasteiger partial charge in [0, 0.05) is 38.3 Å². The zero-order chi connectivity index (χ0) is 12.4. The van der Waals surface area contributed by atoms with Gasteiger partial charge in [0.1, 0.15) is 0 Å². The summed E-state index contributed by atoms with van der Waals surface area (Å²) in [6, 6.07) is 2.20. The van der Waals surface area contributed by atoms with Crippen LogP contribution in [0.4, 0.5) is 5.69 Å². The van der Waals surface area contributed by atoms with E-state index in [1.54, 1.807) is 12.3 Å². The third-order valence-electron chi connectivity index (χ3n) is 3.74. The van der Waals surface area contributed by atoms with Gasteiger partial charge in [0.15, 0.2) is 0 Å². The standard InChI is InChI=1S/C12H18N4O2/c17-12-7-11(8-13-14-12)16-2-1-10(9-16)15-3-5-18-6-4-15/h7-8,10H,1-6,9H2,(H,14,17). The van der Waals surface area contributed by atoms with Crippen molar-refractivity contribution in [3.05, 3.63) is 22.6 Å². The number of H-pyrrole nitrogens is 1. The summed E-state index contributed by atoms with van der Waals surface area (Å²) < 4.78 is 5.38. The first-order valence-electron chi connectivity index (χ1n) is 6.44. The zero-order valence-electron chi connectivity index (χ0n) is 10.3. The topological polar surface area (TPSA) is 61.5 Å². The summed E-state index contributed by atoms with van der Waals surface area (Å²) >= 11 is 0. The van der Waals surface area contributed by atoms with E-state index in [1.165, 1.54) is 0 Å². The van der Waals surface area contributed by atoms with Crippen LogP contribution in [0.3, 0.4) is 0 Å². The summed E-state index contributed by atoms with van der Waals surface area (Å²) in [5, 5.41) is 6.26. The molecule has 0 bridgehead atoms. The Morgan fingerprint density at radius 1 is 1.33 bits per heavy atom. The minimum atomic E-state index is -0.137. The largest absolute Gasteiger partial charge is 0.379 e. The second kappa shape index (κ2) is 5.07. The lowest BCUT2D eigenvalue weighted by molar-refractivity contribution is 0.0209. The summed E-state index contributed by atoms with van der Waals surface area (Å²) in [6.45, 7) is 5.68. The summed E-state index contributed by atoms with van der Waals surface area (Å²) in [5.74, 6) is 0. The van der Waals surface area contributed by atoms with Crippen molar-refractivity contribution in [3.63, 3.8) is 0 Å². The molecule has 1 aromatic heterocycles. The predicted molar refractivity (Wildman–Crippen MR) is 67.9 cm³/mol. The van der Waals surface area contributed by atoms with Crippen LogP contribution in [0.15, 0.2) is 17.1 Å². The van der Waals surface area contributed by atoms with Gasteiger partial charge in [0.05, 0.1) is 25.1 Å². The zero-order valence-corrected chi connectivity index (χ0v) is 10.3. The monoisotopic (exact) mass is 250 g/mol. The molecule has 2 saturated heterocycles. The highest BCUT2D eigenvalue weighted by molar-refractivity contribution is 5.44. The molecule has 6 nitrogen and oxygen atoms in total. The van der Waals surface area contributed by atoms with Crippen LogP contribution in [0.2, 0.25) is 0 Å². The van der Waals surface area contributed by atoms with E-state index >= 15 is 0 Å². The second-order valence-electron chi connectivity index (χ2n) is 4.84. The van der Waals surface area contributed by atoms with Gasteiger partial charge in [-0.25, -0.2) is 5.10 Å². The molecule has 0 aliphatic carbocycles. The van der Waals surface area contributed by atoms with E-state index in [0.717, 1.165) is 51.5 Å². The molecule has 0 saturated carbocycles. The molecule has 2 aliphatic rings. The minimum Gasteiger partial charge on any atom is -0.379 e. The Balaban J connectivity index is 1.66. The maximum Gasteiger partial charge on any atom is 0.266 e. The van der Waals surface area contributed by atoms with E-state index in [9.17, 15) is 4.79 Å². The molecule has 3 heterocycles. The lowest BCUT2D eigenvalue weighted by Crippen LogP contribution is -2.44. The van der Waals surface area contributed by atoms with E-state index in [2.05, 4.69) is 20.0 Å². The second-order valence-corrected chi connectivity index (χ2v) is 4.84. The van der Waals surface area contributed by atoms with Crippen LogP contribution in [-0.2, 0) is 4.74 Å². The fourth-order valence-electron chi connectivity index (χ4n) is 2.76. The molecule has 1 N–H and O–H groups in total. The van der Waals surface area contributed by atoms with Crippen molar-refractivity contribution in [1.29, 1.82) is 0 Å². The van der Waals surface area contributed by atoms with E-state index in [4.69, 9.17) is 4.74 Å². The van der Waals surface area contributed by atoms with E-state index in [-0.39, 0.29) is 5.56 Å². The van der Waals surface area contributed by atoms with Crippen LogP contribution in [0.5, 0.6) is 0 Å². The average Bonchev–Trinajstić information content (AvgIpc) is 2.89. The predicted octanol–water partition coefficient (Wildman–Crippen LogP) is -0.319. The highest BCUT2D eigenvalue weighted by Crippen LogP contribution is 2.21. The number of morpholine rings is 1. The molecular weight excluding hydrogens is 232 g/mol. The van der Waals surface area contributed by atoms with Crippen LogP contribution in [0.25, 0.3) is 0 Å². The molecule has 18 heavy (non-hydrogen) atoms. The Hall–Kier alpha value is -1.40. The van der Waals surface area contributed by atoms with Gasteiger partial charge in [0.25, 0.3) is 5.56 Å². The fraction of sp³-hybridized carbons (Fsp3) is 0.667. The van der Waals surface area contributed by atoms with Crippen molar-refractivity contribution in [3.8, 4) is 0 Å². The van der Waals surface area contributed by atoms with Crippen molar-refractivity contribution in [1.82, 2.24) is 15.1 Å². The van der Waals surface area contributed by atoms with Gasteiger partial charge in [-0.3, -0.25) is 9.69 Å². The van der Waals surface area contributed by atoms with Crippen molar-refractivity contribution in [2.45, 2.75) is 12.5 Å². The molecule has 2 aliphatic heterocycles. The number of ether oxygens (including phenoxy) is 1. The smallest absolute Gasteiger partial charge is 0.266 e. The molecule has 0 spiro atoms. The number of nitrogens with zero attached hydrogens (tertiary/aromatic N) is 3. The molecule has 0 aromatic carbocycles. The highest BCUT2D eigenvalue weighted by atomic mass is 16.5. The van der Waals surface area contributed by atoms with Crippen molar-refractivity contribution in [2.24, 2.45) is 0 Å². The van der Waals surface area contributed by atoms with Crippen LogP contribution >= 0.6 is 0 Å². The van der Waals surface area contributed by atoms with Crippen LogP contribution in [0, 0.1) is 0 Å². The van der Waals surface area contributed by atoms with Gasteiger partial charge in [-0.2, -0.15) is 5.10 Å². The SMILES string of the molecule is O=c1cc(N2CCC(N3CCOCC3)C2)cn[nH]1. The number of hydrogen-bond acceptors (Lipinski definition) is 5. The quantitative estimate of drug-likeness (QED) is 0.779. The Morgan fingerprint density at radius 2 is 2.17 bits per heavy atom. The third-order valence-corrected chi connectivity index (χ3v) is 3.74. The molecule has 1 atom stereocenters.